The van der Waals surface area contributed by atoms with E-state index in [4.69, 9.17) is 5.11 Å². The van der Waals surface area contributed by atoms with Crippen LogP contribution >= 0.6 is 0 Å². The highest BCUT2D eigenvalue weighted by molar-refractivity contribution is 5.90. The lowest BCUT2D eigenvalue weighted by molar-refractivity contribution is -0.175. The van der Waals surface area contributed by atoms with Crippen molar-refractivity contribution in [3.63, 3.8) is 0 Å². The van der Waals surface area contributed by atoms with E-state index in [0.29, 0.717) is 5.56 Å². The molecule has 0 unspecified atom stereocenters. The normalized spacial score (nSPS) is 12.6. The molecule has 0 saturated heterocycles. The zero-order valence-corrected chi connectivity index (χ0v) is 13.0. The Labute approximate surface area is 136 Å². The third kappa shape index (κ3) is 5.56. The molecule has 0 radical (unpaired) electrons. The average molecular weight is 346 g/mol. The number of benzene rings is 1. The standard InChI is InChI=1S/C15H17F3N2O4/c1-8(2)11(20-14(24)15(16,17)18)12(21)19-7-9-3-5-10(6-4-9)13(22)23/h3-6,8,11H,7H2,1-2H3,(H,19,21)(H,20,24)(H,22,23)/t11-/m0/s1. The van der Waals surface area contributed by atoms with E-state index in [1.54, 1.807) is 5.32 Å². The lowest BCUT2D eigenvalue weighted by Gasteiger charge is -2.22. The maximum absolute atomic E-state index is 12.3. The first kappa shape index (κ1) is 19.5. The van der Waals surface area contributed by atoms with E-state index in [9.17, 15) is 27.6 Å². The minimum atomic E-state index is -5.07. The number of carboxylic acid groups (broad SMARTS) is 1. The number of carbonyl (C=O) groups excluding carboxylic acids is 2. The highest BCUT2D eigenvalue weighted by atomic mass is 19.4. The summed E-state index contributed by atoms with van der Waals surface area (Å²) in [6.45, 7) is 2.99. The van der Waals surface area contributed by atoms with Crippen LogP contribution in [0.3, 0.4) is 0 Å². The minimum Gasteiger partial charge on any atom is -0.478 e. The van der Waals surface area contributed by atoms with Crippen molar-refractivity contribution in [1.82, 2.24) is 10.6 Å². The van der Waals surface area contributed by atoms with Gasteiger partial charge in [-0.2, -0.15) is 13.2 Å². The van der Waals surface area contributed by atoms with E-state index >= 15 is 0 Å². The SMILES string of the molecule is CC(C)[C@H](NC(=O)C(F)(F)F)C(=O)NCc1ccc(C(=O)O)cc1. The third-order valence-corrected chi connectivity index (χ3v) is 3.16. The molecule has 0 bridgehead atoms. The first-order valence-electron chi connectivity index (χ1n) is 7.00. The molecule has 0 aliphatic rings. The van der Waals surface area contributed by atoms with E-state index in [2.05, 4.69) is 5.32 Å². The van der Waals surface area contributed by atoms with Gasteiger partial charge in [-0.1, -0.05) is 26.0 Å². The monoisotopic (exact) mass is 346 g/mol. The largest absolute Gasteiger partial charge is 0.478 e. The van der Waals surface area contributed by atoms with Crippen molar-refractivity contribution in [3.05, 3.63) is 35.4 Å². The van der Waals surface area contributed by atoms with E-state index in [0.717, 1.165) is 0 Å². The molecule has 0 aromatic heterocycles. The molecule has 132 valence electrons. The Kier molecular flexibility index (Phi) is 6.33. The highest BCUT2D eigenvalue weighted by Gasteiger charge is 2.41. The van der Waals surface area contributed by atoms with E-state index in [1.807, 2.05) is 0 Å². The van der Waals surface area contributed by atoms with Gasteiger partial charge in [0.05, 0.1) is 5.56 Å². The summed E-state index contributed by atoms with van der Waals surface area (Å²) in [4.78, 5) is 33.7. The number of hydrogen-bond acceptors (Lipinski definition) is 3. The van der Waals surface area contributed by atoms with Crippen LogP contribution < -0.4 is 10.6 Å². The number of carbonyl (C=O) groups is 3. The van der Waals surface area contributed by atoms with Gasteiger partial charge in [0.2, 0.25) is 5.91 Å². The second-order valence-electron chi connectivity index (χ2n) is 5.41. The molecule has 24 heavy (non-hydrogen) atoms. The first-order valence-corrected chi connectivity index (χ1v) is 7.00. The van der Waals surface area contributed by atoms with Crippen LogP contribution in [0.15, 0.2) is 24.3 Å². The molecule has 1 aromatic rings. The average Bonchev–Trinajstić information content (AvgIpc) is 2.49. The summed E-state index contributed by atoms with van der Waals surface area (Å²) in [5.41, 5.74) is 0.639. The second-order valence-corrected chi connectivity index (χ2v) is 5.41. The fraction of sp³-hybridized carbons (Fsp3) is 0.400. The van der Waals surface area contributed by atoms with Crippen LogP contribution in [0.2, 0.25) is 0 Å². The Balaban J connectivity index is 2.69. The van der Waals surface area contributed by atoms with Gasteiger partial charge in [-0.25, -0.2) is 4.79 Å². The number of hydrogen-bond donors (Lipinski definition) is 3. The van der Waals surface area contributed by atoms with Gasteiger partial charge in [0.25, 0.3) is 0 Å². The number of halogens is 3. The molecular formula is C15H17F3N2O4. The zero-order valence-electron chi connectivity index (χ0n) is 13.0. The molecule has 6 nitrogen and oxygen atoms in total. The van der Waals surface area contributed by atoms with Crippen molar-refractivity contribution in [1.29, 1.82) is 0 Å². The second kappa shape index (κ2) is 7.80. The van der Waals surface area contributed by atoms with Crippen molar-refractivity contribution in [2.75, 3.05) is 0 Å². The summed E-state index contributed by atoms with van der Waals surface area (Å²) in [5, 5.41) is 12.9. The number of rotatable bonds is 6. The van der Waals surface area contributed by atoms with E-state index in [-0.39, 0.29) is 12.1 Å². The Morgan fingerprint density at radius 3 is 2.08 bits per heavy atom. The predicted molar refractivity (Wildman–Crippen MR) is 78.1 cm³/mol. The van der Waals surface area contributed by atoms with Crippen molar-refractivity contribution >= 4 is 17.8 Å². The summed E-state index contributed by atoms with van der Waals surface area (Å²) >= 11 is 0. The molecule has 0 aliphatic heterocycles. The molecule has 0 fully saturated rings. The fourth-order valence-corrected chi connectivity index (χ4v) is 1.82. The van der Waals surface area contributed by atoms with Crippen molar-refractivity contribution in [3.8, 4) is 0 Å². The molecular weight excluding hydrogens is 329 g/mol. The van der Waals surface area contributed by atoms with Gasteiger partial charge in [0.1, 0.15) is 6.04 Å². The van der Waals surface area contributed by atoms with Crippen LogP contribution in [-0.4, -0.2) is 35.1 Å². The van der Waals surface area contributed by atoms with Gasteiger partial charge in [-0.3, -0.25) is 9.59 Å². The van der Waals surface area contributed by atoms with Gasteiger partial charge in [-0.15, -0.1) is 0 Å². The van der Waals surface area contributed by atoms with Gasteiger partial charge < -0.3 is 15.7 Å². The molecule has 0 saturated carbocycles. The Bertz CT molecular complexity index is 612. The van der Waals surface area contributed by atoms with Crippen LogP contribution in [0, 0.1) is 5.92 Å². The number of alkyl halides is 3. The number of aromatic carboxylic acids is 1. The van der Waals surface area contributed by atoms with Gasteiger partial charge in [0, 0.05) is 6.54 Å². The van der Waals surface area contributed by atoms with Crippen molar-refractivity contribution < 1.29 is 32.7 Å². The van der Waals surface area contributed by atoms with Gasteiger partial charge in [-0.05, 0) is 23.6 Å². The molecule has 0 heterocycles. The summed E-state index contributed by atoms with van der Waals surface area (Å²) in [6.07, 6.45) is -5.07. The third-order valence-electron chi connectivity index (χ3n) is 3.16. The van der Waals surface area contributed by atoms with Crippen LogP contribution in [-0.2, 0) is 16.1 Å². The van der Waals surface area contributed by atoms with Crippen molar-refractivity contribution in [2.24, 2.45) is 5.92 Å². The lowest BCUT2D eigenvalue weighted by atomic mass is 10.0. The van der Waals surface area contributed by atoms with Crippen LogP contribution in [0.5, 0.6) is 0 Å². The van der Waals surface area contributed by atoms with Crippen LogP contribution in [0.1, 0.15) is 29.8 Å². The molecule has 9 heteroatoms. The van der Waals surface area contributed by atoms with Gasteiger partial charge >= 0.3 is 18.1 Å². The van der Waals surface area contributed by atoms with Gasteiger partial charge in [0.15, 0.2) is 0 Å². The zero-order chi connectivity index (χ0) is 18.5. The number of nitrogens with one attached hydrogen (secondary N) is 2. The summed E-state index contributed by atoms with van der Waals surface area (Å²) < 4.78 is 36.9. The molecule has 0 spiro atoms. The maximum Gasteiger partial charge on any atom is 0.471 e. The topological polar surface area (TPSA) is 95.5 Å². The first-order chi connectivity index (χ1) is 11.0. The molecule has 3 N–H and O–H groups in total. The summed E-state index contributed by atoms with van der Waals surface area (Å²) in [6, 6.07) is 4.30. The Hall–Kier alpha value is -2.58. The lowest BCUT2D eigenvalue weighted by Crippen LogP contribution is -2.52. The summed E-state index contributed by atoms with van der Waals surface area (Å²) in [5.74, 6) is -4.59. The highest BCUT2D eigenvalue weighted by Crippen LogP contribution is 2.16. The molecule has 1 rings (SSSR count). The van der Waals surface area contributed by atoms with Crippen LogP contribution in [0.25, 0.3) is 0 Å². The molecule has 0 aliphatic carbocycles. The number of carboxylic acids is 1. The predicted octanol–water partition coefficient (Wildman–Crippen LogP) is 1.70. The van der Waals surface area contributed by atoms with Crippen molar-refractivity contribution in [2.45, 2.75) is 32.6 Å². The summed E-state index contributed by atoms with van der Waals surface area (Å²) in [7, 11) is 0. The Morgan fingerprint density at radius 1 is 1.12 bits per heavy atom. The smallest absolute Gasteiger partial charge is 0.471 e. The van der Waals surface area contributed by atoms with E-state index < -0.39 is 35.9 Å². The molecule has 1 atom stereocenters. The quantitative estimate of drug-likeness (QED) is 0.731. The maximum atomic E-state index is 12.3. The van der Waals surface area contributed by atoms with Crippen LogP contribution in [0.4, 0.5) is 13.2 Å². The molecule has 2 amide bonds. The molecule has 1 aromatic carbocycles. The van der Waals surface area contributed by atoms with E-state index in [1.165, 1.54) is 38.1 Å². The Morgan fingerprint density at radius 2 is 1.67 bits per heavy atom. The number of amides is 2. The minimum absolute atomic E-state index is 0.0101. The fourth-order valence-electron chi connectivity index (χ4n) is 1.82.